The lowest BCUT2D eigenvalue weighted by atomic mass is 10.1. The molecule has 146 valence electrons. The van der Waals surface area contributed by atoms with Crippen molar-refractivity contribution in [3.63, 3.8) is 0 Å². The number of hydrogen-bond donors (Lipinski definition) is 1. The van der Waals surface area contributed by atoms with Gasteiger partial charge in [0.25, 0.3) is 5.91 Å². The van der Waals surface area contributed by atoms with Gasteiger partial charge in [-0.15, -0.1) is 0 Å². The number of carbonyl (C=O) groups excluding carboxylic acids is 1. The lowest BCUT2D eigenvalue weighted by Crippen LogP contribution is -2.49. The molecule has 0 spiro atoms. The molecular weight excluding hydrogens is 399 g/mol. The van der Waals surface area contributed by atoms with Gasteiger partial charge in [0.1, 0.15) is 10.8 Å². The fourth-order valence-corrected chi connectivity index (χ4v) is 4.61. The molecule has 1 unspecified atom stereocenters. The highest BCUT2D eigenvalue weighted by Gasteiger charge is 2.29. The van der Waals surface area contributed by atoms with Crippen molar-refractivity contribution in [3.05, 3.63) is 28.2 Å². The van der Waals surface area contributed by atoms with E-state index in [2.05, 4.69) is 4.72 Å². The van der Waals surface area contributed by atoms with Crippen molar-refractivity contribution in [2.24, 2.45) is 0 Å². The predicted octanol–water partition coefficient (Wildman–Crippen LogP) is 3.08. The third-order valence-electron chi connectivity index (χ3n) is 4.19. The number of benzene rings is 1. The van der Waals surface area contributed by atoms with Gasteiger partial charge < -0.3 is 9.64 Å². The minimum absolute atomic E-state index is 0.122. The summed E-state index contributed by atoms with van der Waals surface area (Å²) in [4.78, 5) is 14.3. The van der Waals surface area contributed by atoms with Gasteiger partial charge in [-0.1, -0.05) is 36.2 Å². The number of sulfonamides is 1. The van der Waals surface area contributed by atoms with Gasteiger partial charge in [-0.25, -0.2) is 13.1 Å². The van der Waals surface area contributed by atoms with Gasteiger partial charge in [-0.2, -0.15) is 0 Å². The molecule has 1 aliphatic heterocycles. The lowest BCUT2D eigenvalue weighted by Gasteiger charge is -2.33. The first-order valence-corrected chi connectivity index (χ1v) is 11.0. The van der Waals surface area contributed by atoms with Crippen LogP contribution in [0.2, 0.25) is 10.0 Å². The Kier molecular flexibility index (Phi) is 7.58. The summed E-state index contributed by atoms with van der Waals surface area (Å²) in [5, 5.41) is 0.641. The van der Waals surface area contributed by atoms with Crippen LogP contribution in [0.1, 0.15) is 33.1 Å². The Balaban J connectivity index is 1.88. The van der Waals surface area contributed by atoms with Crippen molar-refractivity contribution in [1.29, 1.82) is 0 Å². The van der Waals surface area contributed by atoms with Crippen LogP contribution in [0.3, 0.4) is 0 Å². The van der Waals surface area contributed by atoms with Gasteiger partial charge in [0.2, 0.25) is 10.0 Å². The normalized spacial score (nSPS) is 17.2. The summed E-state index contributed by atoms with van der Waals surface area (Å²) in [6, 6.07) is 4.88. The average molecular weight is 423 g/mol. The number of nitrogens with zero attached hydrogens (tertiary/aromatic N) is 1. The molecule has 1 N–H and O–H groups in total. The van der Waals surface area contributed by atoms with Crippen molar-refractivity contribution in [3.8, 4) is 5.75 Å². The first-order chi connectivity index (χ1) is 12.2. The average Bonchev–Trinajstić information content (AvgIpc) is 2.58. The molecule has 1 atom stereocenters. The van der Waals surface area contributed by atoms with Crippen molar-refractivity contribution >= 4 is 39.1 Å². The number of nitrogens with one attached hydrogen (secondary N) is 1. The molecule has 1 aromatic rings. The molecule has 1 aromatic carbocycles. The van der Waals surface area contributed by atoms with Crippen LogP contribution in [-0.2, 0) is 14.8 Å². The second kappa shape index (κ2) is 9.26. The maximum absolute atomic E-state index is 12.6. The van der Waals surface area contributed by atoms with Gasteiger partial charge in [-0.3, -0.25) is 4.79 Å². The zero-order valence-electron chi connectivity index (χ0n) is 14.9. The van der Waals surface area contributed by atoms with Gasteiger partial charge in [0, 0.05) is 19.1 Å². The highest BCUT2D eigenvalue weighted by atomic mass is 35.5. The molecule has 0 aliphatic carbocycles. The summed E-state index contributed by atoms with van der Waals surface area (Å²) in [7, 11) is -3.24. The van der Waals surface area contributed by atoms with E-state index in [-0.39, 0.29) is 22.7 Å². The number of piperidine rings is 1. The second-order valence-corrected chi connectivity index (χ2v) is 9.01. The maximum atomic E-state index is 12.6. The number of amides is 1. The summed E-state index contributed by atoms with van der Waals surface area (Å²) in [6.45, 7) is 4.45. The molecule has 0 saturated carbocycles. The van der Waals surface area contributed by atoms with Gasteiger partial charge >= 0.3 is 0 Å². The van der Waals surface area contributed by atoms with Gasteiger partial charge in [-0.05, 0) is 38.3 Å². The van der Waals surface area contributed by atoms with Crippen LogP contribution in [0.15, 0.2) is 18.2 Å². The molecule has 0 aromatic heterocycles. The third kappa shape index (κ3) is 5.74. The Morgan fingerprint density at radius 3 is 2.62 bits per heavy atom. The first-order valence-electron chi connectivity index (χ1n) is 8.63. The molecule has 2 rings (SSSR count). The standard InChI is InChI=1S/C17H24Cl2N2O4S/c1-3-11-26(23,24)20-13-7-9-21(10-8-13)17(22)12(2)25-15-6-4-5-14(18)16(15)19/h4-6,12-13,20H,3,7-11H2,1-2H3. The van der Waals surface area contributed by atoms with E-state index in [0.717, 1.165) is 0 Å². The fourth-order valence-electron chi connectivity index (χ4n) is 2.87. The quantitative estimate of drug-likeness (QED) is 0.732. The Morgan fingerprint density at radius 2 is 2.00 bits per heavy atom. The maximum Gasteiger partial charge on any atom is 0.263 e. The van der Waals surface area contributed by atoms with Gasteiger partial charge in [0.15, 0.2) is 6.10 Å². The monoisotopic (exact) mass is 422 g/mol. The number of carbonyl (C=O) groups is 1. The number of rotatable bonds is 7. The molecule has 9 heteroatoms. The Hall–Kier alpha value is -1.02. The lowest BCUT2D eigenvalue weighted by molar-refractivity contribution is -0.139. The third-order valence-corrected chi connectivity index (χ3v) is 6.63. The molecule has 0 bridgehead atoms. The van der Waals surface area contributed by atoms with Crippen LogP contribution in [0.4, 0.5) is 0 Å². The smallest absolute Gasteiger partial charge is 0.263 e. The van der Waals surface area contributed by atoms with E-state index >= 15 is 0 Å². The van der Waals surface area contributed by atoms with E-state index in [1.165, 1.54) is 0 Å². The summed E-state index contributed by atoms with van der Waals surface area (Å²) < 4.78 is 32.1. The van der Waals surface area contributed by atoms with E-state index in [1.807, 2.05) is 6.92 Å². The van der Waals surface area contributed by atoms with Crippen molar-refractivity contribution in [2.45, 2.75) is 45.3 Å². The largest absolute Gasteiger partial charge is 0.479 e. The van der Waals surface area contributed by atoms with Crippen LogP contribution in [-0.4, -0.2) is 50.2 Å². The van der Waals surface area contributed by atoms with E-state index in [0.29, 0.717) is 43.1 Å². The highest BCUT2D eigenvalue weighted by molar-refractivity contribution is 7.89. The molecule has 1 fully saturated rings. The van der Waals surface area contributed by atoms with Crippen LogP contribution in [0.25, 0.3) is 0 Å². The van der Waals surface area contributed by atoms with E-state index in [9.17, 15) is 13.2 Å². The van der Waals surface area contributed by atoms with Crippen LogP contribution in [0.5, 0.6) is 5.75 Å². The van der Waals surface area contributed by atoms with Crippen LogP contribution in [0, 0.1) is 0 Å². The zero-order valence-corrected chi connectivity index (χ0v) is 17.2. The highest BCUT2D eigenvalue weighted by Crippen LogP contribution is 2.32. The van der Waals surface area contributed by atoms with Crippen LogP contribution >= 0.6 is 23.2 Å². The van der Waals surface area contributed by atoms with Crippen LogP contribution < -0.4 is 9.46 Å². The number of ether oxygens (including phenoxy) is 1. The Morgan fingerprint density at radius 1 is 1.35 bits per heavy atom. The molecule has 1 aliphatic rings. The second-order valence-electron chi connectivity index (χ2n) is 6.35. The summed E-state index contributed by atoms with van der Waals surface area (Å²) in [5.41, 5.74) is 0. The zero-order chi connectivity index (χ0) is 19.3. The summed E-state index contributed by atoms with van der Waals surface area (Å²) in [6.07, 6.45) is 1.03. The number of likely N-dealkylation sites (tertiary alicyclic amines) is 1. The summed E-state index contributed by atoms with van der Waals surface area (Å²) >= 11 is 12.0. The summed E-state index contributed by atoms with van der Waals surface area (Å²) in [5.74, 6) is 0.329. The molecule has 26 heavy (non-hydrogen) atoms. The molecule has 0 radical (unpaired) electrons. The van der Waals surface area contributed by atoms with E-state index in [4.69, 9.17) is 27.9 Å². The number of hydrogen-bond acceptors (Lipinski definition) is 4. The minimum Gasteiger partial charge on any atom is -0.479 e. The predicted molar refractivity (Wildman–Crippen MR) is 103 cm³/mol. The van der Waals surface area contributed by atoms with Crippen molar-refractivity contribution in [2.75, 3.05) is 18.8 Å². The molecule has 6 nitrogen and oxygen atoms in total. The Bertz CT molecular complexity index is 734. The topological polar surface area (TPSA) is 75.7 Å². The fraction of sp³-hybridized carbons (Fsp3) is 0.588. The molecular formula is C17H24Cl2N2O4S. The molecule has 1 saturated heterocycles. The van der Waals surface area contributed by atoms with Gasteiger partial charge in [0.05, 0.1) is 10.8 Å². The Labute approximate surface area is 164 Å². The minimum atomic E-state index is -3.24. The molecule has 1 heterocycles. The van der Waals surface area contributed by atoms with Crippen molar-refractivity contribution < 1.29 is 17.9 Å². The van der Waals surface area contributed by atoms with E-state index < -0.39 is 16.1 Å². The van der Waals surface area contributed by atoms with Crippen molar-refractivity contribution in [1.82, 2.24) is 9.62 Å². The first kappa shape index (κ1) is 21.3. The SMILES string of the molecule is CCCS(=O)(=O)NC1CCN(C(=O)C(C)Oc2cccc(Cl)c2Cl)CC1. The number of halogens is 2. The molecule has 1 amide bonds. The van der Waals surface area contributed by atoms with E-state index in [1.54, 1.807) is 30.0 Å².